The molecule has 1 atom stereocenters. The van der Waals surface area contributed by atoms with E-state index >= 15 is 0 Å². The van der Waals surface area contributed by atoms with Crippen molar-refractivity contribution in [1.29, 1.82) is 0 Å². The number of fused-ring (bicyclic) bond motifs is 1. The van der Waals surface area contributed by atoms with Gasteiger partial charge in [0.2, 0.25) is 18.7 Å². The van der Waals surface area contributed by atoms with Crippen LogP contribution >= 0.6 is 0 Å². The predicted octanol–water partition coefficient (Wildman–Crippen LogP) is -0.409. The van der Waals surface area contributed by atoms with Gasteiger partial charge in [0.15, 0.2) is 0 Å². The van der Waals surface area contributed by atoms with Crippen LogP contribution in [0, 0.1) is 0 Å². The lowest BCUT2D eigenvalue weighted by molar-refractivity contribution is -0.125. The van der Waals surface area contributed by atoms with E-state index in [0.29, 0.717) is 30.3 Å². The maximum absolute atomic E-state index is 12.9. The molecular weight excluding hydrogens is 402 g/mol. The highest BCUT2D eigenvalue weighted by molar-refractivity contribution is 5.85. The molecule has 1 aromatic carbocycles. The lowest BCUT2D eigenvalue weighted by Crippen LogP contribution is -2.46. The minimum Gasteiger partial charge on any atom is -0.384 e. The van der Waals surface area contributed by atoms with Crippen LogP contribution in [0.1, 0.15) is 25.8 Å². The van der Waals surface area contributed by atoms with Gasteiger partial charge in [-0.15, -0.1) is 5.10 Å². The second kappa shape index (κ2) is 10.6. The van der Waals surface area contributed by atoms with Crippen LogP contribution in [-0.4, -0.2) is 82.8 Å². The van der Waals surface area contributed by atoms with Gasteiger partial charge in [-0.05, 0) is 31.5 Å². The molecular formula is C20H27N7O4. The molecule has 1 saturated heterocycles. The van der Waals surface area contributed by atoms with Crippen molar-refractivity contribution in [2.75, 3.05) is 44.6 Å². The SMILES string of the molecule is CC(CCC(=O)NC=O)n1nnc2ccc(NCCN3CCN(C=O)CC3)cc2c1=O. The first-order valence-corrected chi connectivity index (χ1v) is 10.3. The summed E-state index contributed by atoms with van der Waals surface area (Å²) in [4.78, 5) is 49.5. The molecule has 1 aliphatic rings. The summed E-state index contributed by atoms with van der Waals surface area (Å²) < 4.78 is 1.27. The number of benzene rings is 1. The molecule has 11 nitrogen and oxygen atoms in total. The van der Waals surface area contributed by atoms with Gasteiger partial charge in [0, 0.05) is 51.4 Å². The summed E-state index contributed by atoms with van der Waals surface area (Å²) in [6.45, 7) is 6.51. The van der Waals surface area contributed by atoms with Crippen LogP contribution in [-0.2, 0) is 14.4 Å². The Bertz CT molecular complexity index is 985. The van der Waals surface area contributed by atoms with Crippen molar-refractivity contribution in [2.45, 2.75) is 25.8 Å². The average Bonchev–Trinajstić information content (AvgIpc) is 2.78. The molecule has 0 radical (unpaired) electrons. The van der Waals surface area contributed by atoms with E-state index < -0.39 is 5.91 Å². The second-order valence-electron chi connectivity index (χ2n) is 7.55. The number of hydrogen-bond acceptors (Lipinski definition) is 8. The van der Waals surface area contributed by atoms with Crippen LogP contribution < -0.4 is 16.2 Å². The molecule has 2 heterocycles. The Hall–Kier alpha value is -3.34. The van der Waals surface area contributed by atoms with E-state index in [2.05, 4.69) is 25.8 Å². The van der Waals surface area contributed by atoms with Gasteiger partial charge in [-0.25, -0.2) is 4.68 Å². The largest absolute Gasteiger partial charge is 0.384 e. The van der Waals surface area contributed by atoms with E-state index in [-0.39, 0.29) is 18.0 Å². The lowest BCUT2D eigenvalue weighted by atomic mass is 10.1. The van der Waals surface area contributed by atoms with Crippen molar-refractivity contribution < 1.29 is 14.4 Å². The highest BCUT2D eigenvalue weighted by atomic mass is 16.2. The lowest BCUT2D eigenvalue weighted by Gasteiger charge is -2.32. The van der Waals surface area contributed by atoms with Gasteiger partial charge in [0.05, 0.1) is 11.4 Å². The van der Waals surface area contributed by atoms with Gasteiger partial charge >= 0.3 is 0 Å². The monoisotopic (exact) mass is 429 g/mol. The smallest absolute Gasteiger partial charge is 0.277 e. The standard InChI is InChI=1S/C20H27N7O4/c1-15(2-5-19(30)22-13-28)27-20(31)17-12-16(3-4-18(17)23-24-27)21-6-7-25-8-10-26(14-29)11-9-25/h3-4,12-15,21H,2,5-11H2,1H3,(H,22,28,30). The predicted molar refractivity (Wildman–Crippen MR) is 115 cm³/mol. The Morgan fingerprint density at radius 1 is 1.23 bits per heavy atom. The maximum Gasteiger partial charge on any atom is 0.277 e. The fourth-order valence-corrected chi connectivity index (χ4v) is 3.50. The van der Waals surface area contributed by atoms with E-state index in [1.54, 1.807) is 24.0 Å². The molecule has 0 bridgehead atoms. The van der Waals surface area contributed by atoms with Gasteiger partial charge in [-0.1, -0.05) is 5.21 Å². The van der Waals surface area contributed by atoms with Crippen LogP contribution in [0.25, 0.3) is 10.9 Å². The topological polar surface area (TPSA) is 130 Å². The number of nitrogens with one attached hydrogen (secondary N) is 2. The zero-order valence-electron chi connectivity index (χ0n) is 17.5. The van der Waals surface area contributed by atoms with E-state index in [0.717, 1.165) is 44.8 Å². The number of aromatic nitrogens is 3. The molecule has 1 fully saturated rings. The molecule has 11 heteroatoms. The van der Waals surface area contributed by atoms with Gasteiger partial charge in [-0.3, -0.25) is 29.4 Å². The van der Waals surface area contributed by atoms with E-state index in [4.69, 9.17) is 0 Å². The normalized spacial score (nSPS) is 15.5. The first-order valence-electron chi connectivity index (χ1n) is 10.3. The highest BCUT2D eigenvalue weighted by Crippen LogP contribution is 2.16. The maximum atomic E-state index is 12.9. The zero-order valence-corrected chi connectivity index (χ0v) is 17.5. The van der Waals surface area contributed by atoms with Crippen LogP contribution in [0.15, 0.2) is 23.0 Å². The first kappa shape index (κ1) is 22.3. The van der Waals surface area contributed by atoms with Gasteiger partial charge in [0.25, 0.3) is 5.56 Å². The van der Waals surface area contributed by atoms with Crippen molar-refractivity contribution in [2.24, 2.45) is 0 Å². The number of anilines is 1. The molecule has 2 aromatic rings. The number of imide groups is 1. The number of carbonyl (C=O) groups is 3. The van der Waals surface area contributed by atoms with Gasteiger partial charge in [0.1, 0.15) is 5.52 Å². The summed E-state index contributed by atoms with van der Waals surface area (Å²) in [5.74, 6) is -0.400. The Balaban J connectivity index is 1.62. The van der Waals surface area contributed by atoms with Crippen molar-refractivity contribution in [3.8, 4) is 0 Å². The third-order valence-corrected chi connectivity index (χ3v) is 5.42. The van der Waals surface area contributed by atoms with Crippen molar-refractivity contribution in [3.63, 3.8) is 0 Å². The summed E-state index contributed by atoms with van der Waals surface area (Å²) in [7, 11) is 0. The van der Waals surface area contributed by atoms with Crippen LogP contribution in [0.5, 0.6) is 0 Å². The molecule has 1 unspecified atom stereocenters. The Morgan fingerprint density at radius 2 is 2.00 bits per heavy atom. The highest BCUT2D eigenvalue weighted by Gasteiger charge is 2.16. The Labute approximate surface area is 179 Å². The first-order chi connectivity index (χ1) is 15.0. The minimum atomic E-state index is -0.400. The van der Waals surface area contributed by atoms with Crippen molar-refractivity contribution in [1.82, 2.24) is 30.1 Å². The quantitative estimate of drug-likeness (QED) is 0.488. The molecule has 166 valence electrons. The van der Waals surface area contributed by atoms with Crippen LogP contribution in [0.2, 0.25) is 0 Å². The molecule has 3 amide bonds. The molecule has 1 aliphatic heterocycles. The fourth-order valence-electron chi connectivity index (χ4n) is 3.50. The Morgan fingerprint density at radius 3 is 2.71 bits per heavy atom. The summed E-state index contributed by atoms with van der Waals surface area (Å²) in [5.41, 5.74) is 1.04. The van der Waals surface area contributed by atoms with Gasteiger partial charge < -0.3 is 10.2 Å². The van der Waals surface area contributed by atoms with E-state index in [1.807, 2.05) is 6.07 Å². The molecule has 1 aromatic heterocycles. The number of amides is 3. The number of piperazine rings is 1. The van der Waals surface area contributed by atoms with E-state index in [1.165, 1.54) is 4.68 Å². The molecule has 0 saturated carbocycles. The fraction of sp³-hybridized carbons (Fsp3) is 0.500. The third kappa shape index (κ3) is 5.85. The molecule has 0 spiro atoms. The third-order valence-electron chi connectivity index (χ3n) is 5.42. The molecule has 2 N–H and O–H groups in total. The number of nitrogens with zero attached hydrogens (tertiary/aromatic N) is 5. The number of hydrogen-bond donors (Lipinski definition) is 2. The van der Waals surface area contributed by atoms with E-state index in [9.17, 15) is 19.2 Å². The number of carbonyl (C=O) groups excluding carboxylic acids is 3. The van der Waals surface area contributed by atoms with Gasteiger partial charge in [-0.2, -0.15) is 0 Å². The minimum absolute atomic E-state index is 0.106. The molecule has 3 rings (SSSR count). The van der Waals surface area contributed by atoms with Crippen molar-refractivity contribution >= 4 is 35.3 Å². The second-order valence-corrected chi connectivity index (χ2v) is 7.55. The summed E-state index contributed by atoms with van der Waals surface area (Å²) in [6, 6.07) is 5.03. The number of rotatable bonds is 10. The van der Waals surface area contributed by atoms with Crippen molar-refractivity contribution in [3.05, 3.63) is 28.6 Å². The average molecular weight is 429 g/mol. The summed E-state index contributed by atoms with van der Waals surface area (Å²) >= 11 is 0. The van der Waals surface area contributed by atoms with Crippen LogP contribution in [0.4, 0.5) is 5.69 Å². The Kier molecular flexibility index (Phi) is 7.65. The molecule has 0 aliphatic carbocycles. The summed E-state index contributed by atoms with van der Waals surface area (Å²) in [6.07, 6.45) is 1.69. The van der Waals surface area contributed by atoms with Crippen LogP contribution in [0.3, 0.4) is 0 Å². The zero-order chi connectivity index (χ0) is 22.2. The molecule has 31 heavy (non-hydrogen) atoms. The summed E-state index contributed by atoms with van der Waals surface area (Å²) in [5, 5.41) is 14.0.